The molecule has 102 valence electrons. The van der Waals surface area contributed by atoms with E-state index in [9.17, 15) is 4.79 Å². The molecule has 1 heterocycles. The Kier molecular flexibility index (Phi) is 5.57. The maximum absolute atomic E-state index is 12.2. The molecule has 0 saturated heterocycles. The highest BCUT2D eigenvalue weighted by molar-refractivity contribution is 5.76. The van der Waals surface area contributed by atoms with Gasteiger partial charge in [-0.2, -0.15) is 0 Å². The van der Waals surface area contributed by atoms with Crippen LogP contribution in [0.5, 0.6) is 0 Å². The minimum Gasteiger partial charge on any atom is -0.383 e. The largest absolute Gasteiger partial charge is 0.383 e. The first-order chi connectivity index (χ1) is 8.58. The fraction of sp³-hybridized carbons (Fsp3) is 0.727. The van der Waals surface area contributed by atoms with Gasteiger partial charge in [-0.25, -0.2) is 9.67 Å². The van der Waals surface area contributed by atoms with Gasteiger partial charge in [-0.05, 0) is 13.3 Å². The maximum atomic E-state index is 12.2. The number of amides is 1. The van der Waals surface area contributed by atoms with Crippen molar-refractivity contribution >= 4 is 11.9 Å². The third-order valence-electron chi connectivity index (χ3n) is 2.83. The van der Waals surface area contributed by atoms with Gasteiger partial charge in [0.05, 0.1) is 6.61 Å². The average Bonchev–Trinajstić information content (AvgIpc) is 2.74. The first-order valence-electron chi connectivity index (χ1n) is 6.01. The standard InChI is InChI=1S/C11H21N5O2/c1-4-9(2)16(5-6-18-3)10(17)7-15-8-13-11(12)14-15/h8-9H,4-7H2,1-3H3,(H2,12,14). The summed E-state index contributed by atoms with van der Waals surface area (Å²) in [5, 5.41) is 3.90. The third kappa shape index (κ3) is 3.99. The number of ether oxygens (including phenoxy) is 1. The highest BCUT2D eigenvalue weighted by Crippen LogP contribution is 2.05. The minimum atomic E-state index is -0.00806. The fourth-order valence-electron chi connectivity index (χ4n) is 1.62. The molecule has 1 amide bonds. The molecular formula is C11H21N5O2. The van der Waals surface area contributed by atoms with Gasteiger partial charge < -0.3 is 15.4 Å². The number of methoxy groups -OCH3 is 1. The summed E-state index contributed by atoms with van der Waals surface area (Å²) >= 11 is 0. The lowest BCUT2D eigenvalue weighted by molar-refractivity contribution is -0.134. The van der Waals surface area contributed by atoms with Crippen LogP contribution >= 0.6 is 0 Å². The summed E-state index contributed by atoms with van der Waals surface area (Å²) in [6, 6.07) is 0.175. The molecule has 2 N–H and O–H groups in total. The summed E-state index contributed by atoms with van der Waals surface area (Å²) in [4.78, 5) is 17.8. The topological polar surface area (TPSA) is 86.3 Å². The van der Waals surface area contributed by atoms with Gasteiger partial charge >= 0.3 is 0 Å². The molecule has 1 aromatic rings. The summed E-state index contributed by atoms with van der Waals surface area (Å²) in [5.41, 5.74) is 5.41. The van der Waals surface area contributed by atoms with Gasteiger partial charge in [0.25, 0.3) is 0 Å². The number of hydrogen-bond donors (Lipinski definition) is 1. The maximum Gasteiger partial charge on any atom is 0.244 e. The number of anilines is 1. The van der Waals surface area contributed by atoms with Crippen molar-refractivity contribution in [2.24, 2.45) is 0 Å². The van der Waals surface area contributed by atoms with Gasteiger partial charge in [0.15, 0.2) is 0 Å². The summed E-state index contributed by atoms with van der Waals surface area (Å²) in [5.74, 6) is 0.168. The molecule has 0 bridgehead atoms. The number of nitrogens with two attached hydrogens (primary N) is 1. The number of aromatic nitrogens is 3. The Hall–Kier alpha value is -1.63. The highest BCUT2D eigenvalue weighted by Gasteiger charge is 2.19. The van der Waals surface area contributed by atoms with E-state index in [1.807, 2.05) is 13.8 Å². The van der Waals surface area contributed by atoms with E-state index in [0.29, 0.717) is 13.2 Å². The minimum absolute atomic E-state index is 0.00806. The van der Waals surface area contributed by atoms with Crippen molar-refractivity contribution in [1.29, 1.82) is 0 Å². The van der Waals surface area contributed by atoms with Crippen molar-refractivity contribution in [3.05, 3.63) is 6.33 Å². The van der Waals surface area contributed by atoms with E-state index in [2.05, 4.69) is 10.1 Å². The molecule has 0 aliphatic heterocycles. The van der Waals surface area contributed by atoms with Gasteiger partial charge in [0, 0.05) is 19.7 Å². The van der Waals surface area contributed by atoms with Crippen LogP contribution in [-0.4, -0.2) is 51.9 Å². The first kappa shape index (κ1) is 14.4. The van der Waals surface area contributed by atoms with Crippen LogP contribution in [0.3, 0.4) is 0 Å². The van der Waals surface area contributed by atoms with E-state index in [1.165, 1.54) is 11.0 Å². The Morgan fingerprint density at radius 1 is 1.67 bits per heavy atom. The third-order valence-corrected chi connectivity index (χ3v) is 2.83. The zero-order chi connectivity index (χ0) is 13.5. The quantitative estimate of drug-likeness (QED) is 0.748. The van der Waals surface area contributed by atoms with Crippen LogP contribution in [-0.2, 0) is 16.1 Å². The van der Waals surface area contributed by atoms with Crippen LogP contribution in [0.4, 0.5) is 5.95 Å². The molecule has 0 radical (unpaired) electrons. The number of hydrogen-bond acceptors (Lipinski definition) is 5. The van der Waals surface area contributed by atoms with E-state index in [1.54, 1.807) is 12.0 Å². The Balaban J connectivity index is 2.63. The molecule has 0 fully saturated rings. The normalized spacial score (nSPS) is 12.4. The van der Waals surface area contributed by atoms with E-state index in [-0.39, 0.29) is 24.4 Å². The lowest BCUT2D eigenvalue weighted by Crippen LogP contribution is -2.42. The van der Waals surface area contributed by atoms with Gasteiger partial charge in [0.2, 0.25) is 11.9 Å². The Bertz CT molecular complexity index is 379. The molecule has 0 aromatic carbocycles. The van der Waals surface area contributed by atoms with Crippen LogP contribution in [0, 0.1) is 0 Å². The van der Waals surface area contributed by atoms with Crippen molar-refractivity contribution in [3.63, 3.8) is 0 Å². The summed E-state index contributed by atoms with van der Waals surface area (Å²) < 4.78 is 6.47. The van der Waals surface area contributed by atoms with Crippen LogP contribution in [0.2, 0.25) is 0 Å². The zero-order valence-corrected chi connectivity index (χ0v) is 11.2. The second kappa shape index (κ2) is 6.95. The molecule has 1 rings (SSSR count). The summed E-state index contributed by atoms with van der Waals surface area (Å²) in [6.45, 7) is 5.32. The van der Waals surface area contributed by atoms with Crippen LogP contribution in [0.25, 0.3) is 0 Å². The number of nitrogens with zero attached hydrogens (tertiary/aromatic N) is 4. The van der Waals surface area contributed by atoms with Crippen LogP contribution in [0.1, 0.15) is 20.3 Å². The number of nitrogen functional groups attached to an aromatic ring is 1. The van der Waals surface area contributed by atoms with Crippen LogP contribution < -0.4 is 5.73 Å². The van der Waals surface area contributed by atoms with Gasteiger partial charge in [-0.15, -0.1) is 5.10 Å². The van der Waals surface area contributed by atoms with Gasteiger partial charge in [-0.1, -0.05) is 6.92 Å². The molecule has 0 aliphatic rings. The predicted molar refractivity (Wildman–Crippen MR) is 67.8 cm³/mol. The Labute approximate surface area is 107 Å². The second-order valence-corrected chi connectivity index (χ2v) is 4.14. The Morgan fingerprint density at radius 3 is 2.89 bits per heavy atom. The molecule has 1 unspecified atom stereocenters. The van der Waals surface area contributed by atoms with Crippen LogP contribution in [0.15, 0.2) is 6.33 Å². The van der Waals surface area contributed by atoms with Crippen molar-refractivity contribution < 1.29 is 9.53 Å². The molecule has 1 atom stereocenters. The zero-order valence-electron chi connectivity index (χ0n) is 11.2. The van der Waals surface area contributed by atoms with E-state index >= 15 is 0 Å². The summed E-state index contributed by atoms with van der Waals surface area (Å²) in [6.07, 6.45) is 2.35. The van der Waals surface area contributed by atoms with Crippen molar-refractivity contribution in [1.82, 2.24) is 19.7 Å². The second-order valence-electron chi connectivity index (χ2n) is 4.14. The Morgan fingerprint density at radius 2 is 2.39 bits per heavy atom. The molecular weight excluding hydrogens is 234 g/mol. The highest BCUT2D eigenvalue weighted by atomic mass is 16.5. The lowest BCUT2D eigenvalue weighted by atomic mass is 10.2. The molecule has 0 saturated carbocycles. The van der Waals surface area contributed by atoms with Gasteiger partial charge in [-0.3, -0.25) is 4.79 Å². The molecule has 7 nitrogen and oxygen atoms in total. The van der Waals surface area contributed by atoms with E-state index < -0.39 is 0 Å². The van der Waals surface area contributed by atoms with Crippen molar-refractivity contribution in [2.45, 2.75) is 32.9 Å². The van der Waals surface area contributed by atoms with Gasteiger partial charge in [0.1, 0.15) is 12.9 Å². The smallest absolute Gasteiger partial charge is 0.244 e. The lowest BCUT2D eigenvalue weighted by Gasteiger charge is -2.28. The first-order valence-corrected chi connectivity index (χ1v) is 6.01. The molecule has 0 aliphatic carbocycles. The molecule has 1 aromatic heterocycles. The van der Waals surface area contributed by atoms with Crippen molar-refractivity contribution in [3.8, 4) is 0 Å². The predicted octanol–water partition coefficient (Wildman–Crippen LogP) is 0.134. The number of carbonyl (C=O) groups excluding carboxylic acids is 1. The number of carbonyl (C=O) groups is 1. The van der Waals surface area contributed by atoms with E-state index in [0.717, 1.165) is 6.42 Å². The van der Waals surface area contributed by atoms with Crippen molar-refractivity contribution in [2.75, 3.05) is 26.0 Å². The fourth-order valence-corrected chi connectivity index (χ4v) is 1.62. The molecule has 7 heteroatoms. The average molecular weight is 255 g/mol. The molecule has 18 heavy (non-hydrogen) atoms. The molecule has 0 spiro atoms. The van der Waals surface area contributed by atoms with E-state index in [4.69, 9.17) is 10.5 Å². The SMILES string of the molecule is CCC(C)N(CCOC)C(=O)Cn1cnc(N)n1. The number of rotatable bonds is 7. The summed E-state index contributed by atoms with van der Waals surface area (Å²) in [7, 11) is 1.62. The monoisotopic (exact) mass is 255 g/mol.